The highest BCUT2D eigenvalue weighted by Crippen LogP contribution is 2.34. The van der Waals surface area contributed by atoms with Gasteiger partial charge in [-0.1, -0.05) is 30.5 Å². The van der Waals surface area contributed by atoms with Gasteiger partial charge in [-0.2, -0.15) is 0 Å². The molecule has 17 heavy (non-hydrogen) atoms. The molecule has 0 amide bonds. The topological polar surface area (TPSA) is 43.8 Å². The SMILES string of the molecule is Nc1nc2c(Cl)cccc2n1CCCC1CC1. The number of fused-ring (bicyclic) bond motifs is 1. The fourth-order valence-corrected chi connectivity index (χ4v) is 2.52. The molecule has 1 aromatic carbocycles. The van der Waals surface area contributed by atoms with Gasteiger partial charge in [0.15, 0.2) is 0 Å². The van der Waals surface area contributed by atoms with Crippen LogP contribution in [0.25, 0.3) is 11.0 Å². The Labute approximate surface area is 106 Å². The average molecular weight is 250 g/mol. The minimum absolute atomic E-state index is 0.573. The molecule has 2 aromatic rings. The molecule has 0 spiro atoms. The van der Waals surface area contributed by atoms with Crippen molar-refractivity contribution in [2.45, 2.75) is 32.2 Å². The van der Waals surface area contributed by atoms with Crippen LogP contribution in [0, 0.1) is 5.92 Å². The molecular weight excluding hydrogens is 234 g/mol. The monoisotopic (exact) mass is 249 g/mol. The zero-order valence-electron chi connectivity index (χ0n) is 9.69. The van der Waals surface area contributed by atoms with Crippen molar-refractivity contribution in [3.05, 3.63) is 23.2 Å². The van der Waals surface area contributed by atoms with Gasteiger partial charge >= 0.3 is 0 Å². The Bertz CT molecular complexity index is 543. The molecule has 1 saturated carbocycles. The summed E-state index contributed by atoms with van der Waals surface area (Å²) in [6.07, 6.45) is 5.30. The van der Waals surface area contributed by atoms with E-state index in [0.717, 1.165) is 23.5 Å². The number of aromatic nitrogens is 2. The van der Waals surface area contributed by atoms with Crippen LogP contribution in [0.5, 0.6) is 0 Å². The Morgan fingerprint density at radius 1 is 1.41 bits per heavy atom. The maximum absolute atomic E-state index is 6.11. The molecule has 1 aliphatic rings. The highest BCUT2D eigenvalue weighted by atomic mass is 35.5. The van der Waals surface area contributed by atoms with Gasteiger partial charge in [-0.3, -0.25) is 0 Å². The lowest BCUT2D eigenvalue weighted by Crippen LogP contribution is -2.03. The van der Waals surface area contributed by atoms with E-state index in [-0.39, 0.29) is 0 Å². The first kappa shape index (κ1) is 10.9. The van der Waals surface area contributed by atoms with Gasteiger partial charge in [0.05, 0.1) is 10.5 Å². The van der Waals surface area contributed by atoms with E-state index in [1.165, 1.54) is 25.7 Å². The van der Waals surface area contributed by atoms with E-state index < -0.39 is 0 Å². The third kappa shape index (κ3) is 2.12. The summed E-state index contributed by atoms with van der Waals surface area (Å²) in [5.41, 5.74) is 7.81. The molecule has 1 fully saturated rings. The number of hydrogen-bond acceptors (Lipinski definition) is 2. The van der Waals surface area contributed by atoms with E-state index in [0.29, 0.717) is 11.0 Å². The third-order valence-corrected chi connectivity index (χ3v) is 3.76. The predicted molar refractivity (Wildman–Crippen MR) is 71.1 cm³/mol. The quantitative estimate of drug-likeness (QED) is 0.902. The van der Waals surface area contributed by atoms with Crippen molar-refractivity contribution in [1.29, 1.82) is 0 Å². The molecule has 1 aromatic heterocycles. The molecule has 0 aliphatic heterocycles. The molecule has 3 rings (SSSR count). The minimum atomic E-state index is 0.573. The number of aryl methyl sites for hydroxylation is 1. The number of rotatable bonds is 4. The summed E-state index contributed by atoms with van der Waals surface area (Å²) in [7, 11) is 0. The zero-order valence-corrected chi connectivity index (χ0v) is 10.5. The predicted octanol–water partition coefficient (Wildman–Crippen LogP) is 3.46. The van der Waals surface area contributed by atoms with Gasteiger partial charge in [0.2, 0.25) is 5.95 Å². The van der Waals surface area contributed by atoms with Crippen LogP contribution < -0.4 is 5.73 Å². The van der Waals surface area contributed by atoms with Gasteiger partial charge in [-0.15, -0.1) is 0 Å². The first-order chi connectivity index (χ1) is 8.25. The highest BCUT2D eigenvalue weighted by molar-refractivity contribution is 6.35. The van der Waals surface area contributed by atoms with E-state index in [2.05, 4.69) is 9.55 Å². The summed E-state index contributed by atoms with van der Waals surface area (Å²) in [5.74, 6) is 1.54. The number of para-hydroxylation sites is 1. The van der Waals surface area contributed by atoms with E-state index in [9.17, 15) is 0 Å². The van der Waals surface area contributed by atoms with Crippen molar-refractivity contribution in [1.82, 2.24) is 9.55 Å². The van der Waals surface area contributed by atoms with Gasteiger partial charge < -0.3 is 10.3 Å². The summed E-state index contributed by atoms with van der Waals surface area (Å²) < 4.78 is 2.07. The molecule has 0 bridgehead atoms. The number of halogens is 1. The molecule has 0 radical (unpaired) electrons. The zero-order chi connectivity index (χ0) is 11.8. The van der Waals surface area contributed by atoms with Gasteiger partial charge in [0.1, 0.15) is 5.52 Å². The number of nitrogens with zero attached hydrogens (tertiary/aromatic N) is 2. The standard InChI is InChI=1S/C13H16ClN3/c14-10-4-1-5-11-12(10)16-13(15)17(11)8-2-3-9-6-7-9/h1,4-5,9H,2-3,6-8H2,(H2,15,16). The number of anilines is 1. The summed E-state index contributed by atoms with van der Waals surface area (Å²) in [5, 5.41) is 0.676. The number of hydrogen-bond donors (Lipinski definition) is 1. The molecule has 3 nitrogen and oxygen atoms in total. The first-order valence-electron chi connectivity index (χ1n) is 6.16. The average Bonchev–Trinajstić information content (AvgIpc) is 3.06. The Morgan fingerprint density at radius 3 is 3.00 bits per heavy atom. The Morgan fingerprint density at radius 2 is 2.24 bits per heavy atom. The Balaban J connectivity index is 1.86. The van der Waals surface area contributed by atoms with E-state index >= 15 is 0 Å². The summed E-state index contributed by atoms with van der Waals surface area (Å²) >= 11 is 6.11. The van der Waals surface area contributed by atoms with Crippen molar-refractivity contribution >= 4 is 28.6 Å². The first-order valence-corrected chi connectivity index (χ1v) is 6.54. The lowest BCUT2D eigenvalue weighted by atomic mass is 10.2. The van der Waals surface area contributed by atoms with Crippen LogP contribution in [-0.4, -0.2) is 9.55 Å². The van der Waals surface area contributed by atoms with Crippen LogP contribution in [0.4, 0.5) is 5.95 Å². The Kier molecular flexibility index (Phi) is 2.71. The lowest BCUT2D eigenvalue weighted by Gasteiger charge is -2.05. The van der Waals surface area contributed by atoms with Crippen molar-refractivity contribution in [2.75, 3.05) is 5.73 Å². The van der Waals surface area contributed by atoms with E-state index in [1.807, 2.05) is 18.2 Å². The van der Waals surface area contributed by atoms with Crippen molar-refractivity contribution < 1.29 is 0 Å². The van der Waals surface area contributed by atoms with Gasteiger partial charge in [-0.05, 0) is 30.9 Å². The molecule has 4 heteroatoms. The number of nitrogens with two attached hydrogens (primary N) is 1. The highest BCUT2D eigenvalue weighted by Gasteiger charge is 2.20. The smallest absolute Gasteiger partial charge is 0.201 e. The van der Waals surface area contributed by atoms with Crippen LogP contribution in [0.2, 0.25) is 5.02 Å². The normalized spacial score (nSPS) is 15.6. The summed E-state index contributed by atoms with van der Waals surface area (Å²) in [6.45, 7) is 0.944. The molecular formula is C13H16ClN3. The van der Waals surface area contributed by atoms with Crippen molar-refractivity contribution in [3.63, 3.8) is 0 Å². The number of nitrogen functional groups attached to an aromatic ring is 1. The molecule has 0 saturated heterocycles. The second kappa shape index (κ2) is 4.22. The Hall–Kier alpha value is -1.22. The number of benzene rings is 1. The molecule has 1 heterocycles. The minimum Gasteiger partial charge on any atom is -0.369 e. The number of imidazole rings is 1. The third-order valence-electron chi connectivity index (χ3n) is 3.45. The van der Waals surface area contributed by atoms with Gasteiger partial charge in [0, 0.05) is 6.54 Å². The van der Waals surface area contributed by atoms with Crippen LogP contribution in [0.1, 0.15) is 25.7 Å². The van der Waals surface area contributed by atoms with Crippen LogP contribution in [-0.2, 0) is 6.54 Å². The van der Waals surface area contributed by atoms with Gasteiger partial charge in [-0.25, -0.2) is 4.98 Å². The molecule has 2 N–H and O–H groups in total. The fourth-order valence-electron chi connectivity index (χ4n) is 2.31. The molecule has 90 valence electrons. The second-order valence-corrected chi connectivity index (χ2v) is 5.22. The van der Waals surface area contributed by atoms with Crippen molar-refractivity contribution in [2.24, 2.45) is 5.92 Å². The fraction of sp³-hybridized carbons (Fsp3) is 0.462. The summed E-state index contributed by atoms with van der Waals surface area (Å²) in [6, 6.07) is 5.83. The largest absolute Gasteiger partial charge is 0.369 e. The van der Waals surface area contributed by atoms with Crippen LogP contribution >= 0.6 is 11.6 Å². The van der Waals surface area contributed by atoms with E-state index in [4.69, 9.17) is 17.3 Å². The summed E-state index contributed by atoms with van der Waals surface area (Å²) in [4.78, 5) is 4.33. The van der Waals surface area contributed by atoms with Crippen molar-refractivity contribution in [3.8, 4) is 0 Å². The van der Waals surface area contributed by atoms with Gasteiger partial charge in [0.25, 0.3) is 0 Å². The lowest BCUT2D eigenvalue weighted by molar-refractivity contribution is 0.590. The van der Waals surface area contributed by atoms with Crippen LogP contribution in [0.3, 0.4) is 0 Å². The molecule has 1 aliphatic carbocycles. The van der Waals surface area contributed by atoms with Crippen LogP contribution in [0.15, 0.2) is 18.2 Å². The second-order valence-electron chi connectivity index (χ2n) is 4.81. The maximum atomic E-state index is 6.11. The maximum Gasteiger partial charge on any atom is 0.201 e. The molecule has 0 unspecified atom stereocenters. The van der Waals surface area contributed by atoms with E-state index in [1.54, 1.807) is 0 Å². The molecule has 0 atom stereocenters.